The van der Waals surface area contributed by atoms with E-state index in [0.717, 1.165) is 12.0 Å². The van der Waals surface area contributed by atoms with Gasteiger partial charge in [0.1, 0.15) is 5.75 Å². The monoisotopic (exact) mass is 178 g/mol. The van der Waals surface area contributed by atoms with Gasteiger partial charge in [0.25, 0.3) is 0 Å². The van der Waals surface area contributed by atoms with Crippen molar-refractivity contribution in [3.05, 3.63) is 29.3 Å². The Bertz CT molecular complexity index is 305. The van der Waals surface area contributed by atoms with E-state index in [-0.39, 0.29) is 5.75 Å². The van der Waals surface area contributed by atoms with Gasteiger partial charge in [0.05, 0.1) is 5.56 Å². The molecule has 1 aromatic carbocycles. The van der Waals surface area contributed by atoms with Crippen molar-refractivity contribution in [3.63, 3.8) is 0 Å². The molecule has 0 aliphatic rings. The van der Waals surface area contributed by atoms with Gasteiger partial charge in [-0.05, 0) is 30.0 Å². The zero-order chi connectivity index (χ0) is 9.84. The molecule has 0 amide bonds. The van der Waals surface area contributed by atoms with E-state index in [1.54, 1.807) is 12.1 Å². The van der Waals surface area contributed by atoms with Crippen molar-refractivity contribution in [1.82, 2.24) is 0 Å². The minimum absolute atomic E-state index is 0.0575. The van der Waals surface area contributed by atoms with Gasteiger partial charge in [0.15, 0.2) is 6.29 Å². The molecule has 1 aromatic rings. The highest BCUT2D eigenvalue weighted by Gasteiger charge is 2.06. The second kappa shape index (κ2) is 4.08. The van der Waals surface area contributed by atoms with Crippen molar-refractivity contribution >= 4 is 6.29 Å². The van der Waals surface area contributed by atoms with Gasteiger partial charge in [-0.25, -0.2) is 0 Å². The average Bonchev–Trinajstić information content (AvgIpc) is 2.17. The maximum Gasteiger partial charge on any atom is 0.153 e. The summed E-state index contributed by atoms with van der Waals surface area (Å²) in [5, 5.41) is 9.26. The van der Waals surface area contributed by atoms with Crippen LogP contribution in [0.4, 0.5) is 0 Å². The number of carbonyl (C=O) groups excluding carboxylic acids is 1. The maximum absolute atomic E-state index is 10.5. The first-order valence-electron chi connectivity index (χ1n) is 4.47. The van der Waals surface area contributed by atoms with Crippen molar-refractivity contribution < 1.29 is 9.90 Å². The van der Waals surface area contributed by atoms with Crippen LogP contribution in [0, 0.1) is 0 Å². The summed E-state index contributed by atoms with van der Waals surface area (Å²) in [6.07, 6.45) is 1.71. The molecule has 0 unspecified atom stereocenters. The van der Waals surface area contributed by atoms with E-state index in [2.05, 4.69) is 13.8 Å². The molecule has 1 rings (SSSR count). The zero-order valence-corrected chi connectivity index (χ0v) is 7.95. The Hall–Kier alpha value is -1.31. The van der Waals surface area contributed by atoms with Gasteiger partial charge in [-0.1, -0.05) is 19.9 Å². The summed E-state index contributed by atoms with van der Waals surface area (Å²) in [7, 11) is 0. The molecule has 0 radical (unpaired) electrons. The van der Waals surface area contributed by atoms with Gasteiger partial charge >= 0.3 is 0 Å². The molecule has 0 bridgehead atoms. The Morgan fingerprint density at radius 1 is 1.54 bits per heavy atom. The third-order valence-electron chi connectivity index (χ3n) is 2.36. The minimum atomic E-state index is 0.0575. The highest BCUT2D eigenvalue weighted by Crippen LogP contribution is 2.23. The lowest BCUT2D eigenvalue weighted by Gasteiger charge is -2.09. The predicted molar refractivity (Wildman–Crippen MR) is 52.2 cm³/mol. The largest absolute Gasteiger partial charge is 0.507 e. The lowest BCUT2D eigenvalue weighted by atomic mass is 9.97. The summed E-state index contributed by atoms with van der Waals surface area (Å²) in [5.41, 5.74) is 1.47. The summed E-state index contributed by atoms with van der Waals surface area (Å²) in [5.74, 6) is 0.487. The second-order valence-electron chi connectivity index (χ2n) is 3.25. The van der Waals surface area contributed by atoms with Crippen LogP contribution in [0.2, 0.25) is 0 Å². The van der Waals surface area contributed by atoms with Crippen molar-refractivity contribution in [2.24, 2.45) is 0 Å². The van der Waals surface area contributed by atoms with Crippen molar-refractivity contribution in [2.45, 2.75) is 26.2 Å². The Morgan fingerprint density at radius 2 is 2.23 bits per heavy atom. The topological polar surface area (TPSA) is 37.3 Å². The standard InChI is InChI=1S/C11H14O2/c1-3-8(2)9-4-5-11(13)10(6-9)7-12/h4-8,13H,3H2,1-2H3/t8-/m1/s1. The first-order valence-corrected chi connectivity index (χ1v) is 4.47. The average molecular weight is 178 g/mol. The molecule has 13 heavy (non-hydrogen) atoms. The Kier molecular flexibility index (Phi) is 3.07. The first-order chi connectivity index (χ1) is 6.19. The number of carbonyl (C=O) groups is 1. The van der Waals surface area contributed by atoms with Gasteiger partial charge in [-0.15, -0.1) is 0 Å². The molecular weight excluding hydrogens is 164 g/mol. The van der Waals surface area contributed by atoms with Crippen molar-refractivity contribution in [2.75, 3.05) is 0 Å². The van der Waals surface area contributed by atoms with Crippen molar-refractivity contribution in [1.29, 1.82) is 0 Å². The zero-order valence-electron chi connectivity index (χ0n) is 7.95. The number of benzene rings is 1. The fourth-order valence-electron chi connectivity index (χ4n) is 1.21. The van der Waals surface area contributed by atoms with Gasteiger partial charge < -0.3 is 5.11 Å². The molecule has 1 atom stereocenters. The Morgan fingerprint density at radius 3 is 2.77 bits per heavy atom. The lowest BCUT2D eigenvalue weighted by molar-refractivity contribution is 0.112. The SMILES string of the molecule is CC[C@@H](C)c1ccc(O)c(C=O)c1. The van der Waals surface area contributed by atoms with Crippen LogP contribution in [0.25, 0.3) is 0 Å². The third-order valence-corrected chi connectivity index (χ3v) is 2.36. The van der Waals surface area contributed by atoms with E-state index in [1.807, 2.05) is 6.07 Å². The highest BCUT2D eigenvalue weighted by atomic mass is 16.3. The molecule has 0 aromatic heterocycles. The summed E-state index contributed by atoms with van der Waals surface area (Å²) in [6, 6.07) is 5.18. The summed E-state index contributed by atoms with van der Waals surface area (Å²) >= 11 is 0. The molecule has 0 saturated heterocycles. The molecule has 0 spiro atoms. The first kappa shape index (κ1) is 9.78. The number of aromatic hydroxyl groups is 1. The Labute approximate surface area is 78.2 Å². The molecule has 0 saturated carbocycles. The fraction of sp³-hybridized carbons (Fsp3) is 0.364. The van der Waals surface area contributed by atoms with E-state index < -0.39 is 0 Å². The van der Waals surface area contributed by atoms with E-state index in [9.17, 15) is 9.90 Å². The summed E-state index contributed by atoms with van der Waals surface area (Å²) < 4.78 is 0. The number of hydrogen-bond donors (Lipinski definition) is 1. The Balaban J connectivity index is 3.05. The molecule has 0 heterocycles. The number of hydrogen-bond acceptors (Lipinski definition) is 2. The number of phenols is 1. The normalized spacial score (nSPS) is 12.5. The number of phenolic OH excluding ortho intramolecular Hbond substituents is 1. The maximum atomic E-state index is 10.5. The molecule has 1 N–H and O–H groups in total. The molecule has 2 nitrogen and oxygen atoms in total. The second-order valence-corrected chi connectivity index (χ2v) is 3.25. The lowest BCUT2D eigenvalue weighted by Crippen LogP contribution is -1.93. The van der Waals surface area contributed by atoms with Crippen LogP contribution in [0.15, 0.2) is 18.2 Å². The highest BCUT2D eigenvalue weighted by molar-refractivity contribution is 5.79. The van der Waals surface area contributed by atoms with Crippen molar-refractivity contribution in [3.8, 4) is 5.75 Å². The molecule has 70 valence electrons. The van der Waals surface area contributed by atoms with Crippen LogP contribution in [0.5, 0.6) is 5.75 Å². The smallest absolute Gasteiger partial charge is 0.153 e. The molecule has 0 fully saturated rings. The van der Waals surface area contributed by atoms with Gasteiger partial charge in [0.2, 0.25) is 0 Å². The van der Waals surface area contributed by atoms with Crippen LogP contribution in [0.3, 0.4) is 0 Å². The quantitative estimate of drug-likeness (QED) is 0.722. The van der Waals surface area contributed by atoms with Gasteiger partial charge in [-0.2, -0.15) is 0 Å². The molecule has 0 aliphatic carbocycles. The predicted octanol–water partition coefficient (Wildman–Crippen LogP) is 2.72. The van der Waals surface area contributed by atoms with Crippen LogP contribution >= 0.6 is 0 Å². The van der Waals surface area contributed by atoms with Crippen LogP contribution < -0.4 is 0 Å². The molecule has 2 heteroatoms. The van der Waals surface area contributed by atoms with Gasteiger partial charge in [-0.3, -0.25) is 4.79 Å². The van der Waals surface area contributed by atoms with Gasteiger partial charge in [0, 0.05) is 0 Å². The molecule has 0 aliphatic heterocycles. The molecular formula is C11H14O2. The van der Waals surface area contributed by atoms with E-state index in [0.29, 0.717) is 17.8 Å². The summed E-state index contributed by atoms with van der Waals surface area (Å²) in [6.45, 7) is 4.19. The van der Waals surface area contributed by atoms with Crippen LogP contribution in [-0.4, -0.2) is 11.4 Å². The van der Waals surface area contributed by atoms with E-state index in [1.165, 1.54) is 0 Å². The summed E-state index contributed by atoms with van der Waals surface area (Å²) in [4.78, 5) is 10.5. The number of rotatable bonds is 3. The number of aldehydes is 1. The minimum Gasteiger partial charge on any atom is -0.507 e. The third kappa shape index (κ3) is 2.08. The van der Waals surface area contributed by atoms with E-state index >= 15 is 0 Å². The van der Waals surface area contributed by atoms with Crippen LogP contribution in [-0.2, 0) is 0 Å². The fourth-order valence-corrected chi connectivity index (χ4v) is 1.21. The van der Waals surface area contributed by atoms with E-state index in [4.69, 9.17) is 0 Å². The van der Waals surface area contributed by atoms with Crippen LogP contribution in [0.1, 0.15) is 42.1 Å².